The molecular weight excluding hydrogens is 422 g/mol. The molecule has 0 saturated heterocycles. The second kappa shape index (κ2) is 7.16. The van der Waals surface area contributed by atoms with Gasteiger partial charge in [0.15, 0.2) is 0 Å². The monoisotopic (exact) mass is 435 g/mol. The first-order valence-electron chi connectivity index (χ1n) is 8.34. The number of pyridine rings is 1. The number of halogens is 1. The largest absolute Gasteiger partial charge is 0.481 e. The van der Waals surface area contributed by atoms with Gasteiger partial charge in [-0.05, 0) is 49.2 Å². The van der Waals surface area contributed by atoms with Crippen LogP contribution in [-0.2, 0) is 21.2 Å². The highest BCUT2D eigenvalue weighted by molar-refractivity contribution is 7.90. The highest BCUT2D eigenvalue weighted by Crippen LogP contribution is 2.29. The number of rotatable bonds is 6. The lowest BCUT2D eigenvalue weighted by Gasteiger charge is -2.12. The molecule has 0 aliphatic rings. The van der Waals surface area contributed by atoms with E-state index in [0.717, 1.165) is 4.70 Å². The Morgan fingerprint density at radius 3 is 2.79 bits per heavy atom. The maximum atomic E-state index is 13.4. The van der Waals surface area contributed by atoms with E-state index >= 15 is 0 Å². The molecule has 0 unspecified atom stereocenters. The zero-order valence-corrected chi connectivity index (χ0v) is 16.8. The lowest BCUT2D eigenvalue weighted by atomic mass is 10.2. The van der Waals surface area contributed by atoms with Gasteiger partial charge in [-0.2, -0.15) is 0 Å². The molecule has 0 fully saturated rings. The summed E-state index contributed by atoms with van der Waals surface area (Å²) < 4.78 is 29.0. The molecule has 4 rings (SSSR count). The second-order valence-electron chi connectivity index (χ2n) is 6.17. The Bertz CT molecular complexity index is 1310. The van der Waals surface area contributed by atoms with Crippen LogP contribution in [0.5, 0.6) is 0 Å². The van der Waals surface area contributed by atoms with E-state index in [9.17, 15) is 13.2 Å². The lowest BCUT2D eigenvalue weighted by Crippen LogP contribution is -2.16. The molecule has 3 aromatic heterocycles. The summed E-state index contributed by atoms with van der Waals surface area (Å²) in [6, 6.07) is 9.58. The average Bonchev–Trinajstić information content (AvgIpc) is 3.24. The van der Waals surface area contributed by atoms with Crippen LogP contribution in [0.1, 0.15) is 18.5 Å². The number of carbonyl (C=O) groups is 1. The molecule has 144 valence electrons. The summed E-state index contributed by atoms with van der Waals surface area (Å²) in [4.78, 5) is 19.3. The molecule has 0 aliphatic carbocycles. The van der Waals surface area contributed by atoms with Crippen LogP contribution in [0.3, 0.4) is 0 Å². The van der Waals surface area contributed by atoms with Crippen LogP contribution in [0.2, 0.25) is 5.15 Å². The summed E-state index contributed by atoms with van der Waals surface area (Å²) in [5, 5.41) is 9.15. The van der Waals surface area contributed by atoms with E-state index in [1.165, 1.54) is 27.4 Å². The smallest absolute Gasteiger partial charge is 0.303 e. The molecule has 0 saturated carbocycles. The van der Waals surface area contributed by atoms with Crippen LogP contribution >= 0.6 is 22.9 Å². The molecule has 7 nitrogen and oxygen atoms in total. The molecule has 28 heavy (non-hydrogen) atoms. The van der Waals surface area contributed by atoms with Gasteiger partial charge in [0.05, 0.1) is 31.7 Å². The summed E-state index contributed by atoms with van der Waals surface area (Å²) in [6.07, 6.45) is 0.527. The van der Waals surface area contributed by atoms with Crippen molar-refractivity contribution in [2.75, 3.05) is 0 Å². The van der Waals surface area contributed by atoms with Gasteiger partial charge in [-0.15, -0.1) is 11.3 Å². The van der Waals surface area contributed by atoms with Gasteiger partial charge in [0.25, 0.3) is 10.0 Å². The van der Waals surface area contributed by atoms with Gasteiger partial charge in [-0.25, -0.2) is 22.4 Å². The number of carboxylic acid groups (broad SMARTS) is 1. The van der Waals surface area contributed by atoms with Gasteiger partial charge in [0.1, 0.15) is 5.15 Å². The molecule has 0 atom stereocenters. The van der Waals surface area contributed by atoms with E-state index in [1.54, 1.807) is 29.8 Å². The van der Waals surface area contributed by atoms with Gasteiger partial charge in [-0.3, -0.25) is 4.79 Å². The van der Waals surface area contributed by atoms with Crippen molar-refractivity contribution in [2.45, 2.75) is 24.2 Å². The van der Waals surface area contributed by atoms with Crippen LogP contribution in [0.4, 0.5) is 0 Å². The van der Waals surface area contributed by atoms with E-state index in [-0.39, 0.29) is 22.9 Å². The molecule has 10 heteroatoms. The zero-order chi connectivity index (χ0) is 19.9. The molecule has 0 amide bonds. The van der Waals surface area contributed by atoms with Crippen molar-refractivity contribution in [3.8, 4) is 0 Å². The van der Waals surface area contributed by atoms with Crippen molar-refractivity contribution in [3.63, 3.8) is 0 Å². The van der Waals surface area contributed by atoms with Crippen LogP contribution in [0.25, 0.3) is 21.3 Å². The molecule has 0 aliphatic heterocycles. The predicted octanol–water partition coefficient (Wildman–Crippen LogP) is 3.94. The third kappa shape index (κ3) is 3.36. The zero-order valence-electron chi connectivity index (χ0n) is 14.4. The summed E-state index contributed by atoms with van der Waals surface area (Å²) in [7, 11) is -3.93. The van der Waals surface area contributed by atoms with Gasteiger partial charge in [-0.1, -0.05) is 11.6 Å². The van der Waals surface area contributed by atoms with Crippen molar-refractivity contribution in [3.05, 3.63) is 52.8 Å². The average molecular weight is 436 g/mol. The van der Waals surface area contributed by atoms with Crippen LogP contribution in [-0.4, -0.2) is 33.4 Å². The van der Waals surface area contributed by atoms with Crippen LogP contribution in [0, 0.1) is 0 Å². The number of hydrogen-bond donors (Lipinski definition) is 1. The number of nitrogens with zero attached hydrogens (tertiary/aromatic N) is 3. The quantitative estimate of drug-likeness (QED) is 0.460. The van der Waals surface area contributed by atoms with Crippen molar-refractivity contribution in [1.29, 1.82) is 0 Å². The maximum Gasteiger partial charge on any atom is 0.303 e. The van der Waals surface area contributed by atoms with Gasteiger partial charge in [0, 0.05) is 12.1 Å². The van der Waals surface area contributed by atoms with Crippen LogP contribution in [0.15, 0.2) is 46.8 Å². The first-order valence-corrected chi connectivity index (χ1v) is 11.0. The number of aryl methyl sites for hydroxylation is 1. The van der Waals surface area contributed by atoms with E-state index < -0.39 is 16.0 Å². The molecule has 3 heterocycles. The molecule has 0 radical (unpaired) electrons. The Morgan fingerprint density at radius 1 is 1.18 bits per heavy atom. The Hall–Kier alpha value is -2.49. The molecule has 4 aromatic rings. The van der Waals surface area contributed by atoms with E-state index in [4.69, 9.17) is 16.7 Å². The molecule has 1 N–H and O–H groups in total. The summed E-state index contributed by atoms with van der Waals surface area (Å²) in [5.41, 5.74) is 3.57. The Labute approximate surface area is 169 Å². The fourth-order valence-electron chi connectivity index (χ4n) is 3.07. The number of aromatic nitrogens is 3. The molecule has 0 spiro atoms. The van der Waals surface area contributed by atoms with Crippen molar-refractivity contribution < 1.29 is 18.3 Å². The standard InChI is InChI=1S/C18H14ClN3O4S2/c19-17-7-5-15-13(21-17)8-11(2-1-3-18(23)24)22(15)28(25,26)12-4-6-16-14(9-12)20-10-27-16/h4-10H,1-3H2,(H,23,24). The first kappa shape index (κ1) is 18.9. The molecular formula is C18H14ClN3O4S2. The predicted molar refractivity (Wildman–Crippen MR) is 108 cm³/mol. The summed E-state index contributed by atoms with van der Waals surface area (Å²) in [6.45, 7) is 0. The Kier molecular flexibility index (Phi) is 4.82. The van der Waals surface area contributed by atoms with E-state index in [1.807, 2.05) is 0 Å². The number of thiazole rings is 1. The van der Waals surface area contributed by atoms with Crippen molar-refractivity contribution >= 4 is 60.2 Å². The summed E-state index contributed by atoms with van der Waals surface area (Å²) in [5.74, 6) is -0.930. The van der Waals surface area contributed by atoms with Crippen molar-refractivity contribution in [1.82, 2.24) is 13.9 Å². The number of benzene rings is 1. The lowest BCUT2D eigenvalue weighted by molar-refractivity contribution is -0.137. The normalized spacial score (nSPS) is 12.0. The Balaban J connectivity index is 1.87. The number of fused-ring (bicyclic) bond motifs is 2. The van der Waals surface area contributed by atoms with E-state index in [2.05, 4.69) is 9.97 Å². The molecule has 0 bridgehead atoms. The van der Waals surface area contributed by atoms with Gasteiger partial charge >= 0.3 is 5.97 Å². The SMILES string of the molecule is O=C(O)CCCc1cc2nc(Cl)ccc2n1S(=O)(=O)c1ccc2scnc2c1. The van der Waals surface area contributed by atoms with E-state index in [0.29, 0.717) is 28.7 Å². The Morgan fingerprint density at radius 2 is 2.00 bits per heavy atom. The fraction of sp³-hybridized carbons (Fsp3) is 0.167. The number of hydrogen-bond acceptors (Lipinski definition) is 6. The third-order valence-corrected chi connectivity index (χ3v) is 7.10. The number of aliphatic carboxylic acids is 1. The highest BCUT2D eigenvalue weighted by atomic mass is 35.5. The molecule has 1 aromatic carbocycles. The second-order valence-corrected chi connectivity index (χ2v) is 9.23. The van der Waals surface area contributed by atoms with Crippen molar-refractivity contribution in [2.24, 2.45) is 0 Å². The maximum absolute atomic E-state index is 13.4. The number of carboxylic acids is 1. The fourth-order valence-corrected chi connectivity index (χ4v) is 5.46. The minimum atomic E-state index is -3.93. The van der Waals surface area contributed by atoms with Crippen LogP contribution < -0.4 is 0 Å². The third-order valence-electron chi connectivity index (χ3n) is 4.32. The minimum Gasteiger partial charge on any atom is -0.481 e. The first-order chi connectivity index (χ1) is 13.4. The van der Waals surface area contributed by atoms with Gasteiger partial charge < -0.3 is 5.11 Å². The summed E-state index contributed by atoms with van der Waals surface area (Å²) >= 11 is 7.39. The minimum absolute atomic E-state index is 0.0550. The highest BCUT2D eigenvalue weighted by Gasteiger charge is 2.24. The van der Waals surface area contributed by atoms with Gasteiger partial charge in [0.2, 0.25) is 0 Å². The topological polar surface area (TPSA) is 102 Å².